The molecular formula is C15H12N4O. The number of aryl methyl sites for hydroxylation is 1. The van der Waals surface area contributed by atoms with Crippen molar-refractivity contribution in [3.05, 3.63) is 46.9 Å². The van der Waals surface area contributed by atoms with Crippen LogP contribution in [-0.2, 0) is 6.54 Å². The van der Waals surface area contributed by atoms with E-state index in [-0.39, 0.29) is 5.56 Å². The monoisotopic (exact) mass is 264 g/mol. The first-order valence-electron chi connectivity index (χ1n) is 6.56. The van der Waals surface area contributed by atoms with Gasteiger partial charge in [-0.05, 0) is 19.1 Å². The van der Waals surface area contributed by atoms with Crippen molar-refractivity contribution in [2.45, 2.75) is 13.5 Å². The Kier molecular flexibility index (Phi) is 2.18. The molecule has 4 aromatic rings. The summed E-state index contributed by atoms with van der Waals surface area (Å²) in [4.78, 5) is 15.9. The van der Waals surface area contributed by atoms with Gasteiger partial charge in [-0.3, -0.25) is 9.36 Å². The Morgan fingerprint density at radius 3 is 2.75 bits per heavy atom. The van der Waals surface area contributed by atoms with Gasteiger partial charge < -0.3 is 4.98 Å². The average Bonchev–Trinajstić information content (AvgIpc) is 2.88. The maximum absolute atomic E-state index is 12.7. The minimum atomic E-state index is -0.00940. The number of aromatic nitrogens is 4. The van der Waals surface area contributed by atoms with Crippen LogP contribution in [0, 0.1) is 0 Å². The van der Waals surface area contributed by atoms with Crippen LogP contribution in [-0.4, -0.2) is 19.7 Å². The van der Waals surface area contributed by atoms with Crippen molar-refractivity contribution in [3.8, 4) is 0 Å². The van der Waals surface area contributed by atoms with Crippen molar-refractivity contribution in [2.24, 2.45) is 0 Å². The standard InChI is InChI=1S/C15H12N4O/c1-2-19-14-12-11(7-8-16-14)17-18-13(12)9-5-3-4-6-10(9)15(19)20/h3-8,16H,2H2,1H3. The maximum atomic E-state index is 12.7. The minimum absolute atomic E-state index is 0.00940. The molecule has 0 amide bonds. The van der Waals surface area contributed by atoms with Crippen LogP contribution in [0.5, 0.6) is 0 Å². The molecule has 98 valence electrons. The summed E-state index contributed by atoms with van der Waals surface area (Å²) in [5.74, 6) is 0. The number of nitrogens with zero attached hydrogens (tertiary/aromatic N) is 3. The fourth-order valence-electron chi connectivity index (χ4n) is 2.77. The van der Waals surface area contributed by atoms with Gasteiger partial charge in [0.2, 0.25) is 0 Å². The van der Waals surface area contributed by atoms with Gasteiger partial charge in [-0.1, -0.05) is 18.2 Å². The van der Waals surface area contributed by atoms with Crippen molar-refractivity contribution in [2.75, 3.05) is 0 Å². The van der Waals surface area contributed by atoms with Gasteiger partial charge in [-0.15, -0.1) is 10.2 Å². The third-order valence-electron chi connectivity index (χ3n) is 3.69. The molecule has 0 aliphatic rings. The Hall–Kier alpha value is -2.69. The number of fused-ring (bicyclic) bond motifs is 2. The van der Waals surface area contributed by atoms with Crippen LogP contribution >= 0.6 is 0 Å². The second kappa shape index (κ2) is 3.90. The zero-order chi connectivity index (χ0) is 13.7. The van der Waals surface area contributed by atoms with Gasteiger partial charge in [-0.2, -0.15) is 0 Å². The Bertz CT molecular complexity index is 1010. The van der Waals surface area contributed by atoms with E-state index in [0.717, 1.165) is 27.5 Å². The highest BCUT2D eigenvalue weighted by atomic mass is 16.1. The van der Waals surface area contributed by atoms with Gasteiger partial charge in [0.05, 0.1) is 5.39 Å². The molecule has 3 aromatic heterocycles. The summed E-state index contributed by atoms with van der Waals surface area (Å²) in [5.41, 5.74) is 2.33. The summed E-state index contributed by atoms with van der Waals surface area (Å²) in [6, 6.07) is 9.43. The van der Waals surface area contributed by atoms with Crippen LogP contribution in [0.15, 0.2) is 41.3 Å². The van der Waals surface area contributed by atoms with Gasteiger partial charge in [-0.25, -0.2) is 0 Å². The highest BCUT2D eigenvalue weighted by molar-refractivity contribution is 6.14. The molecule has 0 radical (unpaired) electrons. The lowest BCUT2D eigenvalue weighted by Crippen LogP contribution is -2.17. The van der Waals surface area contributed by atoms with E-state index in [0.29, 0.717) is 11.9 Å². The largest absolute Gasteiger partial charge is 0.347 e. The Morgan fingerprint density at radius 1 is 1.15 bits per heavy atom. The van der Waals surface area contributed by atoms with Gasteiger partial charge >= 0.3 is 0 Å². The van der Waals surface area contributed by atoms with E-state index in [1.807, 2.05) is 37.3 Å². The molecule has 0 spiro atoms. The Morgan fingerprint density at radius 2 is 1.95 bits per heavy atom. The summed E-state index contributed by atoms with van der Waals surface area (Å²) >= 11 is 0. The lowest BCUT2D eigenvalue weighted by atomic mass is 10.1. The molecule has 3 heterocycles. The third kappa shape index (κ3) is 1.29. The summed E-state index contributed by atoms with van der Waals surface area (Å²) in [7, 11) is 0. The molecule has 0 saturated heterocycles. The van der Waals surface area contributed by atoms with E-state index >= 15 is 0 Å². The molecule has 20 heavy (non-hydrogen) atoms. The number of benzene rings is 1. The van der Waals surface area contributed by atoms with Crippen molar-refractivity contribution in [1.82, 2.24) is 19.7 Å². The number of aromatic amines is 1. The minimum Gasteiger partial charge on any atom is -0.347 e. The lowest BCUT2D eigenvalue weighted by molar-refractivity contribution is 0.759. The van der Waals surface area contributed by atoms with Crippen LogP contribution in [0.1, 0.15) is 6.92 Å². The van der Waals surface area contributed by atoms with Gasteiger partial charge in [0.25, 0.3) is 5.56 Å². The van der Waals surface area contributed by atoms with Crippen LogP contribution < -0.4 is 5.56 Å². The first-order valence-corrected chi connectivity index (χ1v) is 6.56. The zero-order valence-corrected chi connectivity index (χ0v) is 10.9. The quantitative estimate of drug-likeness (QED) is 0.574. The second-order valence-electron chi connectivity index (χ2n) is 4.73. The Balaban J connectivity index is 2.51. The van der Waals surface area contributed by atoms with Crippen molar-refractivity contribution in [1.29, 1.82) is 0 Å². The van der Waals surface area contributed by atoms with E-state index in [1.165, 1.54) is 0 Å². The number of rotatable bonds is 1. The molecule has 0 fully saturated rings. The normalized spacial score (nSPS) is 11.7. The number of pyridine rings is 1. The molecule has 0 bridgehead atoms. The molecular weight excluding hydrogens is 252 g/mol. The molecule has 1 N–H and O–H groups in total. The zero-order valence-electron chi connectivity index (χ0n) is 10.9. The van der Waals surface area contributed by atoms with Gasteiger partial charge in [0.1, 0.15) is 16.7 Å². The second-order valence-corrected chi connectivity index (χ2v) is 4.73. The van der Waals surface area contributed by atoms with E-state index in [1.54, 1.807) is 10.8 Å². The fourth-order valence-corrected chi connectivity index (χ4v) is 2.77. The molecule has 5 nitrogen and oxygen atoms in total. The number of nitrogens with one attached hydrogen (secondary N) is 1. The molecule has 0 aliphatic heterocycles. The van der Waals surface area contributed by atoms with Crippen LogP contribution in [0.2, 0.25) is 0 Å². The van der Waals surface area contributed by atoms with Crippen LogP contribution in [0.4, 0.5) is 0 Å². The molecule has 0 unspecified atom stereocenters. The van der Waals surface area contributed by atoms with E-state index < -0.39 is 0 Å². The predicted molar refractivity (Wildman–Crippen MR) is 78.8 cm³/mol. The highest BCUT2D eigenvalue weighted by Crippen LogP contribution is 2.26. The van der Waals surface area contributed by atoms with Gasteiger partial charge in [0.15, 0.2) is 0 Å². The van der Waals surface area contributed by atoms with Crippen LogP contribution in [0.25, 0.3) is 32.8 Å². The highest BCUT2D eigenvalue weighted by Gasteiger charge is 2.14. The number of H-pyrrole nitrogens is 1. The van der Waals surface area contributed by atoms with Crippen molar-refractivity contribution < 1.29 is 0 Å². The molecule has 4 rings (SSSR count). The molecule has 0 atom stereocenters. The number of hydrogen-bond acceptors (Lipinski definition) is 3. The summed E-state index contributed by atoms with van der Waals surface area (Å²) in [6.45, 7) is 2.55. The lowest BCUT2D eigenvalue weighted by Gasteiger charge is -2.02. The molecule has 5 heteroatoms. The molecule has 0 saturated carbocycles. The summed E-state index contributed by atoms with van der Waals surface area (Å²) in [5, 5.41) is 10.9. The van der Waals surface area contributed by atoms with Crippen molar-refractivity contribution in [3.63, 3.8) is 0 Å². The topological polar surface area (TPSA) is 63.6 Å². The van der Waals surface area contributed by atoms with E-state index in [9.17, 15) is 4.79 Å². The third-order valence-corrected chi connectivity index (χ3v) is 3.69. The van der Waals surface area contributed by atoms with Crippen molar-refractivity contribution >= 4 is 32.8 Å². The van der Waals surface area contributed by atoms with Crippen LogP contribution in [0.3, 0.4) is 0 Å². The summed E-state index contributed by atoms with van der Waals surface area (Å²) in [6.07, 6.45) is 1.79. The van der Waals surface area contributed by atoms with E-state index in [2.05, 4.69) is 15.2 Å². The smallest absolute Gasteiger partial charge is 0.260 e. The molecule has 1 aromatic carbocycles. The van der Waals surface area contributed by atoms with Gasteiger partial charge in [0, 0.05) is 23.5 Å². The SMILES string of the molecule is CCn1c(=O)c2ccccc2c2nnc3cc[nH]c1c32. The predicted octanol–water partition coefficient (Wildman–Crippen LogP) is 2.45. The first kappa shape index (κ1) is 11.2. The number of hydrogen-bond donors (Lipinski definition) is 1. The first-order chi connectivity index (χ1) is 9.81. The molecule has 0 aliphatic carbocycles. The average molecular weight is 264 g/mol. The maximum Gasteiger partial charge on any atom is 0.260 e. The fraction of sp³-hybridized carbons (Fsp3) is 0.133. The Labute approximate surface area is 113 Å². The summed E-state index contributed by atoms with van der Waals surface area (Å²) < 4.78 is 1.74. The van der Waals surface area contributed by atoms with E-state index in [4.69, 9.17) is 0 Å².